The van der Waals surface area contributed by atoms with E-state index in [1.54, 1.807) is 35.5 Å². The molecule has 1 fully saturated rings. The number of amides is 1. The molecule has 0 unspecified atom stereocenters. The minimum Gasteiger partial charge on any atom is -0.385 e. The summed E-state index contributed by atoms with van der Waals surface area (Å²) >= 11 is 0. The average molecular weight is 446 g/mol. The lowest BCUT2D eigenvalue weighted by molar-refractivity contribution is -0.137. The Morgan fingerprint density at radius 1 is 1.16 bits per heavy atom. The molecule has 0 saturated carbocycles. The molecule has 1 aromatic carbocycles. The minimum atomic E-state index is -4.41. The molecule has 1 amide bonds. The Bertz CT molecular complexity index is 1090. The molecular weight excluding hydrogens is 425 g/mol. The van der Waals surface area contributed by atoms with Crippen LogP contribution in [0.5, 0.6) is 0 Å². The van der Waals surface area contributed by atoms with Crippen LogP contribution >= 0.6 is 0 Å². The highest BCUT2D eigenvalue weighted by Crippen LogP contribution is 2.33. The molecule has 1 aliphatic rings. The molecule has 3 aromatic rings. The Labute approximate surface area is 182 Å². The van der Waals surface area contributed by atoms with Crippen LogP contribution in [0.2, 0.25) is 0 Å². The van der Waals surface area contributed by atoms with Crippen LogP contribution in [0, 0.1) is 0 Å². The largest absolute Gasteiger partial charge is 0.416 e. The van der Waals surface area contributed by atoms with Gasteiger partial charge in [0.1, 0.15) is 17.4 Å². The van der Waals surface area contributed by atoms with Gasteiger partial charge < -0.3 is 19.4 Å². The number of piperazine rings is 1. The van der Waals surface area contributed by atoms with Crippen molar-refractivity contribution >= 4 is 11.6 Å². The summed E-state index contributed by atoms with van der Waals surface area (Å²) in [7, 11) is 0. The number of hydrogen-bond donors (Lipinski definition) is 1. The van der Waals surface area contributed by atoms with Crippen molar-refractivity contribution in [1.82, 2.24) is 15.0 Å². The van der Waals surface area contributed by atoms with Gasteiger partial charge in [0, 0.05) is 49.8 Å². The van der Waals surface area contributed by atoms with Crippen LogP contribution in [0.3, 0.4) is 0 Å². The van der Waals surface area contributed by atoms with Crippen molar-refractivity contribution in [2.24, 2.45) is 0 Å². The molecule has 1 N–H and O–H groups in total. The van der Waals surface area contributed by atoms with Gasteiger partial charge in [0.25, 0.3) is 5.91 Å². The lowest BCUT2D eigenvalue weighted by atomic mass is 10.0. The Hall–Kier alpha value is -3.40. The minimum absolute atomic E-state index is 0.0640. The van der Waals surface area contributed by atoms with Crippen LogP contribution in [-0.4, -0.2) is 52.2 Å². The van der Waals surface area contributed by atoms with Gasteiger partial charge in [0.15, 0.2) is 5.76 Å². The normalized spacial score (nSPS) is 15.7. The number of nitrogens with zero attached hydrogens (tertiary/aromatic N) is 4. The van der Waals surface area contributed by atoms with Gasteiger partial charge in [-0.1, -0.05) is 11.2 Å². The van der Waals surface area contributed by atoms with Gasteiger partial charge in [-0.2, -0.15) is 13.2 Å². The van der Waals surface area contributed by atoms with Gasteiger partial charge in [-0.25, -0.2) is 0 Å². The summed E-state index contributed by atoms with van der Waals surface area (Å²) in [4.78, 5) is 20.8. The molecule has 7 nitrogen and oxygen atoms in total. The molecule has 1 aliphatic heterocycles. The fourth-order valence-corrected chi connectivity index (χ4v) is 3.70. The molecule has 2 aromatic heterocycles. The van der Waals surface area contributed by atoms with Crippen molar-refractivity contribution in [3.63, 3.8) is 0 Å². The van der Waals surface area contributed by atoms with E-state index in [9.17, 15) is 23.1 Å². The third kappa shape index (κ3) is 4.31. The number of anilines is 1. The number of aromatic nitrogens is 2. The van der Waals surface area contributed by atoms with E-state index in [0.717, 1.165) is 12.1 Å². The fraction of sp³-hybridized carbons (Fsp3) is 0.318. The standard InChI is InChI=1S/C22H21F3N4O3/c1-14(30)20-18(19(27-32-20)15-4-3-7-26-13-15)21(31)29-10-8-28(9-11-29)17-6-2-5-16(12-17)22(23,24)25/h2-7,12-14,30H,8-11H2,1H3/t14-/m0/s1. The zero-order valence-electron chi connectivity index (χ0n) is 17.2. The van der Waals surface area contributed by atoms with Crippen LogP contribution < -0.4 is 4.90 Å². The lowest BCUT2D eigenvalue weighted by Gasteiger charge is -2.36. The van der Waals surface area contributed by atoms with Crippen LogP contribution in [0.15, 0.2) is 53.3 Å². The molecule has 0 spiro atoms. The number of hydrogen-bond acceptors (Lipinski definition) is 6. The Balaban J connectivity index is 1.54. The highest BCUT2D eigenvalue weighted by atomic mass is 19.4. The van der Waals surface area contributed by atoms with Crippen LogP contribution in [-0.2, 0) is 6.18 Å². The van der Waals surface area contributed by atoms with E-state index in [1.807, 2.05) is 4.90 Å². The first kappa shape index (κ1) is 21.8. The summed E-state index contributed by atoms with van der Waals surface area (Å²) < 4.78 is 44.4. The highest BCUT2D eigenvalue weighted by Gasteiger charge is 2.33. The van der Waals surface area contributed by atoms with Crippen molar-refractivity contribution in [3.8, 4) is 11.3 Å². The summed E-state index contributed by atoms with van der Waals surface area (Å²) in [6.45, 7) is 2.81. The third-order valence-corrected chi connectivity index (χ3v) is 5.35. The Morgan fingerprint density at radius 2 is 1.91 bits per heavy atom. The molecule has 0 aliphatic carbocycles. The Kier molecular flexibility index (Phi) is 5.88. The number of carbonyl (C=O) groups excluding carboxylic acids is 1. The second-order valence-corrected chi connectivity index (χ2v) is 7.52. The quantitative estimate of drug-likeness (QED) is 0.657. The molecule has 0 radical (unpaired) electrons. The van der Waals surface area contributed by atoms with Crippen LogP contribution in [0.25, 0.3) is 11.3 Å². The molecule has 1 atom stereocenters. The molecule has 3 heterocycles. The molecule has 1 saturated heterocycles. The third-order valence-electron chi connectivity index (χ3n) is 5.35. The number of aliphatic hydroxyl groups excluding tert-OH is 1. The second-order valence-electron chi connectivity index (χ2n) is 7.52. The molecule has 32 heavy (non-hydrogen) atoms. The lowest BCUT2D eigenvalue weighted by Crippen LogP contribution is -2.49. The number of aliphatic hydroxyl groups is 1. The van der Waals surface area contributed by atoms with Gasteiger partial charge in [0.05, 0.1) is 5.56 Å². The second kappa shape index (κ2) is 8.62. The van der Waals surface area contributed by atoms with E-state index in [-0.39, 0.29) is 17.2 Å². The van der Waals surface area contributed by atoms with Crippen LogP contribution in [0.4, 0.5) is 18.9 Å². The van der Waals surface area contributed by atoms with Crippen molar-refractivity contribution in [2.75, 3.05) is 31.1 Å². The molecule has 168 valence electrons. The predicted octanol–water partition coefficient (Wildman–Crippen LogP) is 3.77. The first-order valence-corrected chi connectivity index (χ1v) is 10.0. The smallest absolute Gasteiger partial charge is 0.385 e. The Morgan fingerprint density at radius 3 is 2.53 bits per heavy atom. The number of rotatable bonds is 4. The zero-order chi connectivity index (χ0) is 22.9. The van der Waals surface area contributed by atoms with Gasteiger partial charge in [-0.3, -0.25) is 9.78 Å². The molecule has 0 bridgehead atoms. The van der Waals surface area contributed by atoms with E-state index in [4.69, 9.17) is 4.52 Å². The van der Waals surface area contributed by atoms with Gasteiger partial charge >= 0.3 is 6.18 Å². The van der Waals surface area contributed by atoms with Crippen molar-refractivity contribution < 1.29 is 27.6 Å². The maximum atomic E-state index is 13.3. The van der Waals surface area contributed by atoms with Crippen LogP contribution in [0.1, 0.15) is 34.7 Å². The maximum absolute atomic E-state index is 13.3. The SMILES string of the molecule is C[C@H](O)c1onc(-c2cccnc2)c1C(=O)N1CCN(c2cccc(C(F)(F)F)c2)CC1. The summed E-state index contributed by atoms with van der Waals surface area (Å²) in [6.07, 6.45) is -2.32. The molecule has 10 heteroatoms. The summed E-state index contributed by atoms with van der Waals surface area (Å²) in [5, 5.41) is 14.1. The number of carbonyl (C=O) groups is 1. The number of halogens is 3. The highest BCUT2D eigenvalue weighted by molar-refractivity contribution is 6.01. The summed E-state index contributed by atoms with van der Waals surface area (Å²) in [6, 6.07) is 8.59. The van der Waals surface area contributed by atoms with E-state index in [0.29, 0.717) is 43.1 Å². The fourth-order valence-electron chi connectivity index (χ4n) is 3.70. The monoisotopic (exact) mass is 446 g/mol. The van der Waals surface area contributed by atoms with E-state index in [2.05, 4.69) is 10.1 Å². The summed E-state index contributed by atoms with van der Waals surface area (Å²) in [5.74, 6) is -0.293. The molecule has 4 rings (SSSR count). The van der Waals surface area contributed by atoms with E-state index in [1.165, 1.54) is 13.0 Å². The number of benzene rings is 1. The average Bonchev–Trinajstić information content (AvgIpc) is 3.24. The maximum Gasteiger partial charge on any atom is 0.416 e. The van der Waals surface area contributed by atoms with E-state index < -0.39 is 17.8 Å². The van der Waals surface area contributed by atoms with Crippen molar-refractivity contribution in [1.29, 1.82) is 0 Å². The number of pyridine rings is 1. The van der Waals surface area contributed by atoms with Gasteiger partial charge in [0.2, 0.25) is 0 Å². The zero-order valence-corrected chi connectivity index (χ0v) is 17.2. The first-order valence-electron chi connectivity index (χ1n) is 10.0. The van der Waals surface area contributed by atoms with Crippen molar-refractivity contribution in [2.45, 2.75) is 19.2 Å². The van der Waals surface area contributed by atoms with Crippen molar-refractivity contribution in [3.05, 3.63) is 65.7 Å². The topological polar surface area (TPSA) is 82.7 Å². The first-order chi connectivity index (χ1) is 15.3. The molecular formula is C22H21F3N4O3. The van der Waals surface area contributed by atoms with Gasteiger partial charge in [-0.15, -0.1) is 0 Å². The summed E-state index contributed by atoms with van der Waals surface area (Å²) in [5.41, 5.74) is 0.784. The van der Waals surface area contributed by atoms with Gasteiger partial charge in [-0.05, 0) is 37.3 Å². The predicted molar refractivity (Wildman–Crippen MR) is 110 cm³/mol. The number of alkyl halides is 3. The van der Waals surface area contributed by atoms with E-state index >= 15 is 0 Å².